The highest BCUT2D eigenvalue weighted by atomic mass is 16.3. The molecule has 0 atom stereocenters. The zero-order valence-electron chi connectivity index (χ0n) is 18.4. The Bertz CT molecular complexity index is 1100. The molecular weight excluding hydrogens is 420 g/mol. The smallest absolute Gasteiger partial charge is 0.289 e. The minimum atomic E-state index is -0.154. The van der Waals surface area contributed by atoms with Crippen LogP contribution in [-0.2, 0) is 0 Å². The van der Waals surface area contributed by atoms with Crippen molar-refractivity contribution < 1.29 is 14.0 Å². The third-order valence-corrected chi connectivity index (χ3v) is 6.19. The van der Waals surface area contributed by atoms with Crippen molar-refractivity contribution in [2.24, 2.45) is 0 Å². The van der Waals surface area contributed by atoms with Gasteiger partial charge >= 0.3 is 0 Å². The average Bonchev–Trinajstić information content (AvgIpc) is 3.44. The Morgan fingerprint density at radius 2 is 1.55 bits per heavy atom. The molecule has 0 spiro atoms. The topological polar surface area (TPSA) is 95.7 Å². The van der Waals surface area contributed by atoms with Gasteiger partial charge in [0, 0.05) is 63.4 Å². The molecule has 0 N–H and O–H groups in total. The van der Waals surface area contributed by atoms with Crippen LogP contribution in [0.1, 0.15) is 40.2 Å². The predicted molar refractivity (Wildman–Crippen MR) is 122 cm³/mol. The molecule has 2 aliphatic rings. The highest BCUT2D eigenvalue weighted by Crippen LogP contribution is 2.26. The molecule has 0 bridgehead atoms. The van der Waals surface area contributed by atoms with Gasteiger partial charge in [0.05, 0.1) is 17.5 Å². The molecule has 3 aromatic heterocycles. The van der Waals surface area contributed by atoms with Gasteiger partial charge in [0.1, 0.15) is 0 Å². The maximum Gasteiger partial charge on any atom is 0.289 e. The SMILES string of the molecule is O=C(c1ccco1)N1CCN(C(=O)c2cnc(N3CCCCC3)nc2-c2ccncc2)CC1. The van der Waals surface area contributed by atoms with Crippen LogP contribution in [-0.4, -0.2) is 75.8 Å². The molecule has 3 aromatic rings. The lowest BCUT2D eigenvalue weighted by Gasteiger charge is -2.34. The Morgan fingerprint density at radius 1 is 0.848 bits per heavy atom. The van der Waals surface area contributed by atoms with Crippen LogP contribution in [0.15, 0.2) is 53.5 Å². The van der Waals surface area contributed by atoms with E-state index in [1.807, 2.05) is 12.1 Å². The third-order valence-electron chi connectivity index (χ3n) is 6.19. The lowest BCUT2D eigenvalue weighted by atomic mass is 10.1. The number of rotatable bonds is 4. The number of anilines is 1. The molecule has 2 amide bonds. The average molecular weight is 447 g/mol. The summed E-state index contributed by atoms with van der Waals surface area (Å²) in [7, 11) is 0. The first-order chi connectivity index (χ1) is 16.2. The van der Waals surface area contributed by atoms with Crippen LogP contribution >= 0.6 is 0 Å². The molecule has 9 heteroatoms. The second-order valence-corrected chi connectivity index (χ2v) is 8.28. The number of pyridine rings is 1. The molecule has 0 aliphatic carbocycles. The Labute approximate surface area is 192 Å². The molecule has 5 heterocycles. The maximum atomic E-state index is 13.5. The normalized spacial score (nSPS) is 16.7. The highest BCUT2D eigenvalue weighted by Gasteiger charge is 2.29. The second kappa shape index (κ2) is 9.40. The number of nitrogens with zero attached hydrogens (tertiary/aromatic N) is 6. The van der Waals surface area contributed by atoms with Gasteiger partial charge in [-0.2, -0.15) is 0 Å². The fraction of sp³-hybridized carbons (Fsp3) is 0.375. The Kier molecular flexibility index (Phi) is 6.01. The summed E-state index contributed by atoms with van der Waals surface area (Å²) in [6, 6.07) is 7.07. The number of carbonyl (C=O) groups is 2. The van der Waals surface area contributed by atoms with E-state index in [0.717, 1.165) is 31.5 Å². The number of furan rings is 1. The maximum absolute atomic E-state index is 13.5. The van der Waals surface area contributed by atoms with Crippen LogP contribution in [0.4, 0.5) is 5.95 Å². The molecular formula is C24H26N6O3. The molecule has 2 saturated heterocycles. The largest absolute Gasteiger partial charge is 0.459 e. The molecule has 0 saturated carbocycles. The molecule has 9 nitrogen and oxygen atoms in total. The van der Waals surface area contributed by atoms with Gasteiger partial charge in [0.25, 0.3) is 11.8 Å². The van der Waals surface area contributed by atoms with Crippen LogP contribution < -0.4 is 4.90 Å². The van der Waals surface area contributed by atoms with E-state index in [4.69, 9.17) is 9.40 Å². The summed E-state index contributed by atoms with van der Waals surface area (Å²) in [6.45, 7) is 3.62. The number of hydrogen-bond donors (Lipinski definition) is 0. The van der Waals surface area contributed by atoms with E-state index in [1.54, 1.807) is 40.5 Å². The van der Waals surface area contributed by atoms with Crippen molar-refractivity contribution in [3.63, 3.8) is 0 Å². The van der Waals surface area contributed by atoms with Crippen molar-refractivity contribution in [2.75, 3.05) is 44.2 Å². The van der Waals surface area contributed by atoms with Gasteiger partial charge in [0.15, 0.2) is 5.76 Å². The van der Waals surface area contributed by atoms with Gasteiger partial charge in [0.2, 0.25) is 5.95 Å². The molecule has 5 rings (SSSR count). The van der Waals surface area contributed by atoms with Crippen LogP contribution in [0.5, 0.6) is 0 Å². The highest BCUT2D eigenvalue weighted by molar-refractivity contribution is 6.00. The first-order valence-corrected chi connectivity index (χ1v) is 11.3. The number of hydrogen-bond acceptors (Lipinski definition) is 7. The van der Waals surface area contributed by atoms with Crippen LogP contribution in [0.25, 0.3) is 11.3 Å². The summed E-state index contributed by atoms with van der Waals surface area (Å²) in [5.41, 5.74) is 1.92. The van der Waals surface area contributed by atoms with E-state index in [2.05, 4.69) is 14.9 Å². The Hall–Kier alpha value is -3.75. The summed E-state index contributed by atoms with van der Waals surface area (Å²) in [6.07, 6.45) is 10.00. The van der Waals surface area contributed by atoms with Gasteiger partial charge in [-0.15, -0.1) is 0 Å². The molecule has 2 aliphatic heterocycles. The van der Waals surface area contributed by atoms with Gasteiger partial charge in [-0.1, -0.05) is 0 Å². The predicted octanol–water partition coefficient (Wildman–Crippen LogP) is 2.72. The lowest BCUT2D eigenvalue weighted by Crippen LogP contribution is -2.50. The molecule has 0 unspecified atom stereocenters. The number of piperidine rings is 1. The number of aromatic nitrogens is 3. The third kappa shape index (κ3) is 4.44. The summed E-state index contributed by atoms with van der Waals surface area (Å²) >= 11 is 0. The first-order valence-electron chi connectivity index (χ1n) is 11.3. The monoisotopic (exact) mass is 446 g/mol. The lowest BCUT2D eigenvalue weighted by molar-refractivity contribution is 0.0518. The number of amides is 2. The van der Waals surface area contributed by atoms with E-state index in [9.17, 15) is 9.59 Å². The van der Waals surface area contributed by atoms with Crippen molar-refractivity contribution in [2.45, 2.75) is 19.3 Å². The standard InChI is InChI=1S/C24H26N6O3/c31-22(28-12-14-29(15-13-28)23(32)20-5-4-16-33-20)19-17-26-24(30-10-2-1-3-11-30)27-21(19)18-6-8-25-9-7-18/h4-9,16-17H,1-3,10-15H2. The van der Waals surface area contributed by atoms with Gasteiger partial charge in [-0.3, -0.25) is 14.6 Å². The van der Waals surface area contributed by atoms with Crippen molar-refractivity contribution in [3.05, 3.63) is 60.4 Å². The quantitative estimate of drug-likeness (QED) is 0.608. The Balaban J connectivity index is 1.37. The van der Waals surface area contributed by atoms with E-state index in [-0.39, 0.29) is 11.8 Å². The zero-order valence-corrected chi connectivity index (χ0v) is 18.4. The van der Waals surface area contributed by atoms with Gasteiger partial charge < -0.3 is 19.1 Å². The minimum absolute atomic E-state index is 0.128. The first kappa shape index (κ1) is 21.1. The van der Waals surface area contributed by atoms with Gasteiger partial charge in [-0.05, 0) is 43.5 Å². The number of carbonyl (C=O) groups excluding carboxylic acids is 2. The molecule has 170 valence electrons. The summed E-state index contributed by atoms with van der Waals surface area (Å²) in [4.78, 5) is 45.1. The van der Waals surface area contributed by atoms with Crippen LogP contribution in [0.2, 0.25) is 0 Å². The van der Waals surface area contributed by atoms with E-state index >= 15 is 0 Å². The summed E-state index contributed by atoms with van der Waals surface area (Å²) < 4.78 is 5.22. The van der Waals surface area contributed by atoms with E-state index in [1.165, 1.54) is 12.7 Å². The molecule has 0 radical (unpaired) electrons. The second-order valence-electron chi connectivity index (χ2n) is 8.28. The van der Waals surface area contributed by atoms with Crippen LogP contribution in [0.3, 0.4) is 0 Å². The van der Waals surface area contributed by atoms with Gasteiger partial charge in [-0.25, -0.2) is 9.97 Å². The van der Waals surface area contributed by atoms with Crippen molar-refractivity contribution in [3.8, 4) is 11.3 Å². The van der Waals surface area contributed by atoms with E-state index in [0.29, 0.717) is 49.1 Å². The molecule has 33 heavy (non-hydrogen) atoms. The van der Waals surface area contributed by atoms with Crippen molar-refractivity contribution in [1.29, 1.82) is 0 Å². The fourth-order valence-electron chi connectivity index (χ4n) is 4.34. The van der Waals surface area contributed by atoms with Crippen molar-refractivity contribution >= 4 is 17.8 Å². The zero-order chi connectivity index (χ0) is 22.6. The summed E-state index contributed by atoms with van der Waals surface area (Å²) in [5.74, 6) is 0.694. The summed E-state index contributed by atoms with van der Waals surface area (Å²) in [5, 5.41) is 0. The molecule has 2 fully saturated rings. The van der Waals surface area contributed by atoms with E-state index < -0.39 is 0 Å². The van der Waals surface area contributed by atoms with Crippen LogP contribution in [0, 0.1) is 0 Å². The Morgan fingerprint density at radius 3 is 2.21 bits per heavy atom. The van der Waals surface area contributed by atoms with Crippen molar-refractivity contribution in [1.82, 2.24) is 24.8 Å². The fourth-order valence-corrected chi connectivity index (χ4v) is 4.34. The number of piperazine rings is 1. The minimum Gasteiger partial charge on any atom is -0.459 e. The molecule has 0 aromatic carbocycles.